The van der Waals surface area contributed by atoms with Gasteiger partial charge in [0.1, 0.15) is 17.4 Å². The number of nitrogens with zero attached hydrogens (tertiary/aromatic N) is 2. The standard InChI is InChI=1S/C13H11F2N3O3/c14-6-1-2-18(5-6)12-9(15)3-7-10(19)8(13(20)21)4-16-11(7)17-12/h3-4,6H,1-2,5H2,(H,20,21)(H,16,17,19). The third kappa shape index (κ3) is 2.22. The molecule has 1 unspecified atom stereocenters. The third-order valence-corrected chi connectivity index (χ3v) is 3.46. The molecule has 2 aromatic rings. The molecule has 0 spiro atoms. The second-order valence-corrected chi connectivity index (χ2v) is 4.86. The van der Waals surface area contributed by atoms with Gasteiger partial charge in [-0.05, 0) is 12.5 Å². The van der Waals surface area contributed by atoms with E-state index >= 15 is 0 Å². The van der Waals surface area contributed by atoms with Crippen molar-refractivity contribution in [2.75, 3.05) is 18.0 Å². The molecule has 0 aliphatic carbocycles. The normalized spacial score (nSPS) is 18.4. The van der Waals surface area contributed by atoms with Crippen LogP contribution in [0, 0.1) is 5.82 Å². The van der Waals surface area contributed by atoms with Crippen molar-refractivity contribution in [1.82, 2.24) is 9.97 Å². The van der Waals surface area contributed by atoms with Crippen molar-refractivity contribution in [1.29, 1.82) is 0 Å². The summed E-state index contributed by atoms with van der Waals surface area (Å²) in [5.41, 5.74) is -1.22. The number of halogens is 2. The minimum Gasteiger partial charge on any atom is -0.477 e. The van der Waals surface area contributed by atoms with Crippen molar-refractivity contribution in [2.24, 2.45) is 0 Å². The number of aromatic carboxylic acids is 1. The highest BCUT2D eigenvalue weighted by Crippen LogP contribution is 2.24. The van der Waals surface area contributed by atoms with Gasteiger partial charge < -0.3 is 15.0 Å². The van der Waals surface area contributed by atoms with E-state index in [1.54, 1.807) is 0 Å². The zero-order valence-corrected chi connectivity index (χ0v) is 10.8. The van der Waals surface area contributed by atoms with E-state index in [0.29, 0.717) is 13.0 Å². The van der Waals surface area contributed by atoms with Crippen LogP contribution in [0.4, 0.5) is 14.6 Å². The molecule has 0 saturated carbocycles. The summed E-state index contributed by atoms with van der Waals surface area (Å²) < 4.78 is 27.3. The Morgan fingerprint density at radius 1 is 1.52 bits per heavy atom. The highest BCUT2D eigenvalue weighted by molar-refractivity contribution is 5.91. The molecule has 1 atom stereocenters. The number of pyridine rings is 2. The van der Waals surface area contributed by atoms with Crippen LogP contribution in [-0.2, 0) is 0 Å². The molecular formula is C13H11F2N3O3. The Balaban J connectivity index is 2.15. The average Bonchev–Trinajstić information content (AvgIpc) is 2.85. The highest BCUT2D eigenvalue weighted by atomic mass is 19.1. The summed E-state index contributed by atoms with van der Waals surface area (Å²) in [6.07, 6.45) is 0.285. The van der Waals surface area contributed by atoms with E-state index in [1.807, 2.05) is 0 Å². The second-order valence-electron chi connectivity index (χ2n) is 4.86. The molecule has 21 heavy (non-hydrogen) atoms. The van der Waals surface area contributed by atoms with Crippen molar-refractivity contribution in [3.05, 3.63) is 33.9 Å². The molecular weight excluding hydrogens is 284 g/mol. The SMILES string of the molecule is O=C(O)c1c[nH]c2nc(N3CCC(F)C3)c(F)cc2c1=O. The quantitative estimate of drug-likeness (QED) is 0.872. The number of carboxylic acid groups (broad SMARTS) is 1. The number of aromatic nitrogens is 2. The van der Waals surface area contributed by atoms with Crippen LogP contribution in [0.1, 0.15) is 16.8 Å². The molecule has 3 heterocycles. The Kier molecular flexibility index (Phi) is 3.08. The summed E-state index contributed by atoms with van der Waals surface area (Å²) >= 11 is 0. The lowest BCUT2D eigenvalue weighted by atomic mass is 10.2. The van der Waals surface area contributed by atoms with Gasteiger partial charge in [0.15, 0.2) is 11.6 Å². The Hall–Kier alpha value is -2.51. The number of anilines is 1. The van der Waals surface area contributed by atoms with E-state index in [-0.39, 0.29) is 23.4 Å². The predicted molar refractivity (Wildman–Crippen MR) is 71.0 cm³/mol. The first-order valence-corrected chi connectivity index (χ1v) is 6.31. The second kappa shape index (κ2) is 4.80. The summed E-state index contributed by atoms with van der Waals surface area (Å²) in [6.45, 7) is 0.390. The number of rotatable bonds is 2. The predicted octanol–water partition coefficient (Wildman–Crippen LogP) is 1.31. The van der Waals surface area contributed by atoms with E-state index < -0.39 is 29.0 Å². The lowest BCUT2D eigenvalue weighted by molar-refractivity contribution is 0.0695. The Bertz CT molecular complexity index is 790. The van der Waals surface area contributed by atoms with Gasteiger partial charge in [-0.15, -0.1) is 0 Å². The van der Waals surface area contributed by atoms with Gasteiger partial charge in [0.2, 0.25) is 5.43 Å². The van der Waals surface area contributed by atoms with Crippen LogP contribution in [0.15, 0.2) is 17.1 Å². The fourth-order valence-corrected chi connectivity index (χ4v) is 2.40. The topological polar surface area (TPSA) is 86.3 Å². The smallest absolute Gasteiger partial charge is 0.341 e. The number of nitrogens with one attached hydrogen (secondary N) is 1. The Labute approximate surface area is 117 Å². The third-order valence-electron chi connectivity index (χ3n) is 3.46. The maximum absolute atomic E-state index is 14.1. The van der Waals surface area contributed by atoms with Crippen molar-refractivity contribution >= 4 is 22.8 Å². The number of aromatic amines is 1. The van der Waals surface area contributed by atoms with Gasteiger partial charge in [-0.3, -0.25) is 4.79 Å². The monoisotopic (exact) mass is 295 g/mol. The van der Waals surface area contributed by atoms with Crippen LogP contribution in [0.2, 0.25) is 0 Å². The molecule has 110 valence electrons. The van der Waals surface area contributed by atoms with Crippen molar-refractivity contribution < 1.29 is 18.7 Å². The molecule has 8 heteroatoms. The fourth-order valence-electron chi connectivity index (χ4n) is 2.40. The Morgan fingerprint density at radius 3 is 2.90 bits per heavy atom. The van der Waals surface area contributed by atoms with Gasteiger partial charge in [-0.1, -0.05) is 0 Å². The summed E-state index contributed by atoms with van der Waals surface area (Å²) in [6, 6.07) is 0.939. The van der Waals surface area contributed by atoms with Gasteiger partial charge in [0, 0.05) is 12.7 Å². The maximum atomic E-state index is 14.1. The largest absolute Gasteiger partial charge is 0.477 e. The molecule has 6 nitrogen and oxygen atoms in total. The minimum atomic E-state index is -1.40. The molecule has 1 saturated heterocycles. The number of hydrogen-bond acceptors (Lipinski definition) is 4. The van der Waals surface area contributed by atoms with E-state index in [4.69, 9.17) is 5.11 Å². The number of carbonyl (C=O) groups is 1. The zero-order chi connectivity index (χ0) is 15.1. The van der Waals surface area contributed by atoms with Gasteiger partial charge in [0.25, 0.3) is 0 Å². The van der Waals surface area contributed by atoms with Crippen molar-refractivity contribution in [2.45, 2.75) is 12.6 Å². The van der Waals surface area contributed by atoms with Gasteiger partial charge in [-0.25, -0.2) is 18.6 Å². The molecule has 0 aromatic carbocycles. The van der Waals surface area contributed by atoms with Crippen LogP contribution < -0.4 is 10.3 Å². The first-order chi connectivity index (χ1) is 9.97. The number of carboxylic acids is 1. The number of alkyl halides is 1. The van der Waals surface area contributed by atoms with Crippen LogP contribution in [0.3, 0.4) is 0 Å². The number of H-pyrrole nitrogens is 1. The van der Waals surface area contributed by atoms with Gasteiger partial charge >= 0.3 is 5.97 Å². The zero-order valence-electron chi connectivity index (χ0n) is 10.8. The average molecular weight is 295 g/mol. The van der Waals surface area contributed by atoms with Crippen LogP contribution >= 0.6 is 0 Å². The Morgan fingerprint density at radius 2 is 2.29 bits per heavy atom. The summed E-state index contributed by atoms with van der Waals surface area (Å²) in [5, 5.41) is 8.72. The summed E-state index contributed by atoms with van der Waals surface area (Å²) in [4.78, 5) is 30.8. The first kappa shape index (κ1) is 13.5. The lowest BCUT2D eigenvalue weighted by Gasteiger charge is -2.17. The van der Waals surface area contributed by atoms with E-state index in [0.717, 1.165) is 12.3 Å². The van der Waals surface area contributed by atoms with Crippen LogP contribution in [0.25, 0.3) is 11.0 Å². The molecule has 3 rings (SSSR count). The molecule has 1 aliphatic rings. The van der Waals surface area contributed by atoms with Gasteiger partial charge in [0.05, 0.1) is 11.9 Å². The van der Waals surface area contributed by atoms with Crippen LogP contribution in [0.5, 0.6) is 0 Å². The summed E-state index contributed by atoms with van der Waals surface area (Å²) in [5.74, 6) is -2.21. The molecule has 2 N–H and O–H groups in total. The molecule has 2 aromatic heterocycles. The molecule has 0 amide bonds. The highest BCUT2D eigenvalue weighted by Gasteiger charge is 2.26. The van der Waals surface area contributed by atoms with Gasteiger partial charge in [-0.2, -0.15) is 0 Å². The number of hydrogen-bond donors (Lipinski definition) is 2. The minimum absolute atomic E-state index is 0.0404. The van der Waals surface area contributed by atoms with Crippen molar-refractivity contribution in [3.63, 3.8) is 0 Å². The molecule has 0 bridgehead atoms. The van der Waals surface area contributed by atoms with Crippen LogP contribution in [-0.4, -0.2) is 40.3 Å². The molecule has 1 aliphatic heterocycles. The lowest BCUT2D eigenvalue weighted by Crippen LogP contribution is -2.23. The molecule has 0 radical (unpaired) electrons. The summed E-state index contributed by atoms with van der Waals surface area (Å²) in [7, 11) is 0. The molecule has 1 fully saturated rings. The maximum Gasteiger partial charge on any atom is 0.341 e. The fraction of sp³-hybridized carbons (Fsp3) is 0.308. The number of fused-ring (bicyclic) bond motifs is 1. The first-order valence-electron chi connectivity index (χ1n) is 6.31. The van der Waals surface area contributed by atoms with E-state index in [9.17, 15) is 18.4 Å². The van der Waals surface area contributed by atoms with E-state index in [2.05, 4.69) is 9.97 Å². The van der Waals surface area contributed by atoms with Crippen molar-refractivity contribution in [3.8, 4) is 0 Å². The van der Waals surface area contributed by atoms with E-state index in [1.165, 1.54) is 4.90 Å².